The second-order valence-corrected chi connectivity index (χ2v) is 4.19. The van der Waals surface area contributed by atoms with Crippen molar-refractivity contribution in [1.82, 2.24) is 5.32 Å². The highest BCUT2D eigenvalue weighted by molar-refractivity contribution is 9.10. The van der Waals surface area contributed by atoms with Crippen molar-refractivity contribution in [3.8, 4) is 5.75 Å². The molecule has 0 aliphatic heterocycles. The average Bonchev–Trinajstić information content (AvgIpc) is 2.31. The van der Waals surface area contributed by atoms with E-state index in [1.165, 1.54) is 5.56 Å². The normalized spacial score (nSPS) is 10.4. The van der Waals surface area contributed by atoms with Crippen LogP contribution in [0.5, 0.6) is 5.75 Å². The third-order valence-corrected chi connectivity index (χ3v) is 2.97. The Hall–Kier alpha value is -0.580. The first-order chi connectivity index (χ1) is 7.77. The van der Waals surface area contributed by atoms with Crippen molar-refractivity contribution in [1.29, 1.82) is 0 Å². The van der Waals surface area contributed by atoms with Gasteiger partial charge in [0.1, 0.15) is 5.75 Å². The zero-order valence-corrected chi connectivity index (χ0v) is 11.3. The Morgan fingerprint density at radius 3 is 2.88 bits per heavy atom. The number of benzene rings is 1. The highest BCUT2D eigenvalue weighted by Gasteiger charge is 2.01. The first-order valence-electron chi connectivity index (χ1n) is 5.38. The van der Waals surface area contributed by atoms with Crippen molar-refractivity contribution in [3.63, 3.8) is 0 Å². The summed E-state index contributed by atoms with van der Waals surface area (Å²) < 4.78 is 11.5. The fraction of sp³-hybridized carbons (Fsp3) is 0.500. The summed E-state index contributed by atoms with van der Waals surface area (Å²) >= 11 is 3.52. The Balaban J connectivity index is 2.40. The molecule has 0 atom stereocenters. The van der Waals surface area contributed by atoms with Crippen LogP contribution in [0.4, 0.5) is 0 Å². The Bertz CT molecular complexity index is 318. The van der Waals surface area contributed by atoms with Crippen molar-refractivity contribution < 1.29 is 9.47 Å². The molecule has 0 heterocycles. The van der Waals surface area contributed by atoms with Gasteiger partial charge in [-0.3, -0.25) is 0 Å². The van der Waals surface area contributed by atoms with E-state index in [1.54, 1.807) is 7.11 Å². The summed E-state index contributed by atoms with van der Waals surface area (Å²) in [6, 6.07) is 5.96. The summed E-state index contributed by atoms with van der Waals surface area (Å²) in [7, 11) is 1.68. The van der Waals surface area contributed by atoms with Gasteiger partial charge in [-0.2, -0.15) is 0 Å². The zero-order valence-electron chi connectivity index (χ0n) is 9.75. The van der Waals surface area contributed by atoms with E-state index in [2.05, 4.69) is 21.2 Å². The van der Waals surface area contributed by atoms with Crippen LogP contribution >= 0.6 is 15.9 Å². The number of hydrogen-bond acceptors (Lipinski definition) is 3. The lowest BCUT2D eigenvalue weighted by atomic mass is 10.2. The van der Waals surface area contributed by atoms with Crippen LogP contribution in [0.2, 0.25) is 0 Å². The molecular weight excluding hydrogens is 270 g/mol. The van der Waals surface area contributed by atoms with Gasteiger partial charge in [0.15, 0.2) is 0 Å². The van der Waals surface area contributed by atoms with Crippen LogP contribution in [-0.2, 0) is 11.3 Å². The van der Waals surface area contributed by atoms with Gasteiger partial charge in [0, 0.05) is 24.2 Å². The van der Waals surface area contributed by atoms with E-state index in [9.17, 15) is 0 Å². The SMILES string of the molecule is CCOCCNCc1cc(OC)ccc1Br. The summed E-state index contributed by atoms with van der Waals surface area (Å²) in [6.07, 6.45) is 0. The number of nitrogens with one attached hydrogen (secondary N) is 1. The molecule has 0 bridgehead atoms. The summed E-state index contributed by atoms with van der Waals surface area (Å²) in [6.45, 7) is 5.18. The van der Waals surface area contributed by atoms with Crippen molar-refractivity contribution in [2.24, 2.45) is 0 Å². The molecule has 0 radical (unpaired) electrons. The first-order valence-corrected chi connectivity index (χ1v) is 6.18. The predicted molar refractivity (Wildman–Crippen MR) is 68.9 cm³/mol. The predicted octanol–water partition coefficient (Wildman–Crippen LogP) is 2.58. The molecule has 0 unspecified atom stereocenters. The molecule has 0 aliphatic carbocycles. The second-order valence-electron chi connectivity index (χ2n) is 3.33. The van der Waals surface area contributed by atoms with Gasteiger partial charge in [0.2, 0.25) is 0 Å². The molecule has 3 nitrogen and oxygen atoms in total. The van der Waals surface area contributed by atoms with Gasteiger partial charge in [0.05, 0.1) is 13.7 Å². The van der Waals surface area contributed by atoms with Gasteiger partial charge in [-0.1, -0.05) is 15.9 Å². The summed E-state index contributed by atoms with van der Waals surface area (Å²) in [5.41, 5.74) is 1.19. The molecule has 0 fully saturated rings. The second kappa shape index (κ2) is 7.65. The molecule has 0 saturated heterocycles. The van der Waals surface area contributed by atoms with E-state index in [4.69, 9.17) is 9.47 Å². The van der Waals surface area contributed by atoms with Crippen LogP contribution in [0.3, 0.4) is 0 Å². The van der Waals surface area contributed by atoms with E-state index in [0.29, 0.717) is 0 Å². The Morgan fingerprint density at radius 1 is 1.38 bits per heavy atom. The van der Waals surface area contributed by atoms with Crippen LogP contribution in [0.25, 0.3) is 0 Å². The third kappa shape index (κ3) is 4.51. The maximum Gasteiger partial charge on any atom is 0.119 e. The Kier molecular flexibility index (Phi) is 6.45. The largest absolute Gasteiger partial charge is 0.497 e. The fourth-order valence-corrected chi connectivity index (χ4v) is 1.71. The minimum absolute atomic E-state index is 0.748. The average molecular weight is 288 g/mol. The van der Waals surface area contributed by atoms with Gasteiger partial charge < -0.3 is 14.8 Å². The molecule has 1 N–H and O–H groups in total. The van der Waals surface area contributed by atoms with Crippen LogP contribution in [0.1, 0.15) is 12.5 Å². The highest BCUT2D eigenvalue weighted by Crippen LogP contribution is 2.22. The van der Waals surface area contributed by atoms with E-state index in [-0.39, 0.29) is 0 Å². The highest BCUT2D eigenvalue weighted by atomic mass is 79.9. The van der Waals surface area contributed by atoms with Gasteiger partial charge in [-0.05, 0) is 30.7 Å². The van der Waals surface area contributed by atoms with Crippen LogP contribution < -0.4 is 10.1 Å². The molecule has 1 aromatic rings. The van der Waals surface area contributed by atoms with Crippen molar-refractivity contribution in [3.05, 3.63) is 28.2 Å². The third-order valence-electron chi connectivity index (χ3n) is 2.20. The Labute approximate surface area is 105 Å². The summed E-state index contributed by atoms with van der Waals surface area (Å²) in [5.74, 6) is 0.879. The van der Waals surface area contributed by atoms with Crippen molar-refractivity contribution >= 4 is 15.9 Å². The maximum absolute atomic E-state index is 5.25. The lowest BCUT2D eigenvalue weighted by molar-refractivity contribution is 0.149. The monoisotopic (exact) mass is 287 g/mol. The van der Waals surface area contributed by atoms with Gasteiger partial charge in [0.25, 0.3) is 0 Å². The zero-order chi connectivity index (χ0) is 11.8. The van der Waals surface area contributed by atoms with Gasteiger partial charge in [-0.15, -0.1) is 0 Å². The smallest absolute Gasteiger partial charge is 0.119 e. The molecule has 16 heavy (non-hydrogen) atoms. The number of hydrogen-bond donors (Lipinski definition) is 1. The first kappa shape index (κ1) is 13.5. The molecule has 0 amide bonds. The molecule has 4 heteroatoms. The molecule has 0 spiro atoms. The summed E-state index contributed by atoms with van der Waals surface area (Å²) in [5, 5.41) is 3.32. The lowest BCUT2D eigenvalue weighted by Crippen LogP contribution is -2.19. The standard InChI is InChI=1S/C12H18BrNO2/c1-3-16-7-6-14-9-10-8-11(15-2)4-5-12(10)13/h4-5,8,14H,3,6-7,9H2,1-2H3. The molecule has 0 saturated carbocycles. The molecule has 1 rings (SSSR count). The molecule has 90 valence electrons. The molecule has 1 aromatic carbocycles. The topological polar surface area (TPSA) is 30.5 Å². The number of ether oxygens (including phenoxy) is 2. The van der Waals surface area contributed by atoms with Gasteiger partial charge in [-0.25, -0.2) is 0 Å². The van der Waals surface area contributed by atoms with Crippen LogP contribution in [-0.4, -0.2) is 26.9 Å². The number of methoxy groups -OCH3 is 1. The quantitative estimate of drug-likeness (QED) is 0.782. The molecule has 0 aromatic heterocycles. The van der Waals surface area contributed by atoms with E-state index >= 15 is 0 Å². The van der Waals surface area contributed by atoms with E-state index < -0.39 is 0 Å². The minimum atomic E-state index is 0.748. The van der Waals surface area contributed by atoms with Crippen molar-refractivity contribution in [2.45, 2.75) is 13.5 Å². The maximum atomic E-state index is 5.25. The lowest BCUT2D eigenvalue weighted by Gasteiger charge is -2.08. The summed E-state index contributed by atoms with van der Waals surface area (Å²) in [4.78, 5) is 0. The van der Waals surface area contributed by atoms with E-state index in [0.717, 1.165) is 36.5 Å². The fourth-order valence-electron chi connectivity index (χ4n) is 1.33. The van der Waals surface area contributed by atoms with Crippen molar-refractivity contribution in [2.75, 3.05) is 26.9 Å². The number of halogens is 1. The molecular formula is C12H18BrNO2. The Morgan fingerprint density at radius 2 is 2.19 bits per heavy atom. The number of rotatable bonds is 7. The van der Waals surface area contributed by atoms with Crippen LogP contribution in [0.15, 0.2) is 22.7 Å². The van der Waals surface area contributed by atoms with Crippen LogP contribution in [0, 0.1) is 0 Å². The molecule has 0 aliphatic rings. The van der Waals surface area contributed by atoms with Gasteiger partial charge >= 0.3 is 0 Å². The minimum Gasteiger partial charge on any atom is -0.497 e. The van der Waals surface area contributed by atoms with E-state index in [1.807, 2.05) is 25.1 Å².